The SMILES string of the molecule is COc1cccc(C(CC(=O)Nc2ccccc2)N2C(=O)C3C4C=CC(C4)C3C2=O)c1. The highest BCUT2D eigenvalue weighted by Crippen LogP contribution is 2.54. The van der Waals surface area contributed by atoms with E-state index in [4.69, 9.17) is 4.74 Å². The fourth-order valence-corrected chi connectivity index (χ4v) is 5.35. The maximum absolute atomic E-state index is 13.4. The van der Waals surface area contributed by atoms with Crippen molar-refractivity contribution in [1.82, 2.24) is 4.90 Å². The molecule has 0 radical (unpaired) electrons. The van der Waals surface area contributed by atoms with Gasteiger partial charge in [-0.1, -0.05) is 42.5 Å². The van der Waals surface area contributed by atoms with Crippen LogP contribution in [0.4, 0.5) is 5.69 Å². The molecule has 158 valence electrons. The monoisotopic (exact) mass is 416 g/mol. The maximum atomic E-state index is 13.4. The van der Waals surface area contributed by atoms with E-state index in [9.17, 15) is 14.4 Å². The summed E-state index contributed by atoms with van der Waals surface area (Å²) < 4.78 is 5.34. The number of carbonyl (C=O) groups excluding carboxylic acids is 3. The van der Waals surface area contributed by atoms with Crippen LogP contribution in [-0.4, -0.2) is 29.7 Å². The van der Waals surface area contributed by atoms with Crippen LogP contribution in [0.1, 0.15) is 24.4 Å². The first-order chi connectivity index (χ1) is 15.1. The van der Waals surface area contributed by atoms with E-state index in [1.807, 2.05) is 30.3 Å². The molecule has 0 spiro atoms. The van der Waals surface area contributed by atoms with Crippen LogP contribution in [0, 0.1) is 23.7 Å². The summed E-state index contributed by atoms with van der Waals surface area (Å²) in [6.07, 6.45) is 5.01. The van der Waals surface area contributed by atoms with Crippen LogP contribution in [0.3, 0.4) is 0 Å². The van der Waals surface area contributed by atoms with Crippen molar-refractivity contribution in [2.75, 3.05) is 12.4 Å². The zero-order chi connectivity index (χ0) is 21.5. The van der Waals surface area contributed by atoms with Crippen molar-refractivity contribution < 1.29 is 19.1 Å². The van der Waals surface area contributed by atoms with E-state index in [1.54, 1.807) is 31.4 Å². The Bertz CT molecular complexity index is 1030. The number of allylic oxidation sites excluding steroid dienone is 2. The van der Waals surface area contributed by atoms with Gasteiger partial charge in [-0.25, -0.2) is 0 Å². The predicted molar refractivity (Wildman–Crippen MR) is 115 cm³/mol. The molecule has 5 rings (SSSR count). The van der Waals surface area contributed by atoms with Gasteiger partial charge in [0.1, 0.15) is 5.75 Å². The molecule has 2 bridgehead atoms. The Morgan fingerprint density at radius 3 is 2.35 bits per heavy atom. The number of methoxy groups -OCH3 is 1. The zero-order valence-corrected chi connectivity index (χ0v) is 17.2. The average Bonchev–Trinajstić information content (AvgIpc) is 3.47. The Hall–Kier alpha value is -3.41. The number of nitrogens with zero attached hydrogens (tertiary/aromatic N) is 1. The lowest BCUT2D eigenvalue weighted by atomic mass is 9.85. The second kappa shape index (κ2) is 7.69. The highest BCUT2D eigenvalue weighted by molar-refractivity contribution is 6.07. The fraction of sp³-hybridized carbons (Fsp3) is 0.320. The Kier molecular flexibility index (Phi) is 4.85. The van der Waals surface area contributed by atoms with Crippen LogP contribution in [0.2, 0.25) is 0 Å². The van der Waals surface area contributed by atoms with Gasteiger partial charge < -0.3 is 10.1 Å². The van der Waals surface area contributed by atoms with Crippen molar-refractivity contribution in [3.8, 4) is 5.75 Å². The van der Waals surface area contributed by atoms with Crippen LogP contribution in [-0.2, 0) is 14.4 Å². The molecule has 1 saturated carbocycles. The molecule has 31 heavy (non-hydrogen) atoms. The van der Waals surface area contributed by atoms with E-state index in [0.717, 1.165) is 6.42 Å². The minimum atomic E-state index is -0.677. The molecule has 1 heterocycles. The van der Waals surface area contributed by atoms with E-state index >= 15 is 0 Å². The van der Waals surface area contributed by atoms with Gasteiger partial charge in [0.05, 0.1) is 31.4 Å². The molecule has 2 aromatic rings. The number of carbonyl (C=O) groups is 3. The summed E-state index contributed by atoms with van der Waals surface area (Å²) >= 11 is 0. The Balaban J connectivity index is 1.46. The molecular weight excluding hydrogens is 392 g/mol. The number of benzene rings is 2. The number of rotatable bonds is 6. The summed E-state index contributed by atoms with van der Waals surface area (Å²) in [6.45, 7) is 0. The quantitative estimate of drug-likeness (QED) is 0.577. The van der Waals surface area contributed by atoms with Crippen molar-refractivity contribution in [3.05, 3.63) is 72.3 Å². The van der Waals surface area contributed by atoms with Crippen LogP contribution in [0.5, 0.6) is 5.75 Å². The van der Waals surface area contributed by atoms with Gasteiger partial charge >= 0.3 is 0 Å². The third kappa shape index (κ3) is 3.32. The maximum Gasteiger partial charge on any atom is 0.234 e. The van der Waals surface area contributed by atoms with Crippen molar-refractivity contribution in [2.45, 2.75) is 18.9 Å². The molecule has 2 fully saturated rings. The molecule has 1 N–H and O–H groups in total. The van der Waals surface area contributed by atoms with Crippen molar-refractivity contribution in [2.24, 2.45) is 23.7 Å². The molecular formula is C25H24N2O4. The van der Waals surface area contributed by atoms with E-state index in [1.165, 1.54) is 4.90 Å². The van der Waals surface area contributed by atoms with Crippen molar-refractivity contribution in [3.63, 3.8) is 0 Å². The van der Waals surface area contributed by atoms with E-state index in [2.05, 4.69) is 17.5 Å². The second-order valence-electron chi connectivity index (χ2n) is 8.46. The number of likely N-dealkylation sites (tertiary alicyclic amines) is 1. The lowest BCUT2D eigenvalue weighted by Crippen LogP contribution is -2.38. The minimum Gasteiger partial charge on any atom is -0.497 e. The highest BCUT2D eigenvalue weighted by Gasteiger charge is 2.60. The smallest absolute Gasteiger partial charge is 0.234 e. The third-order valence-electron chi connectivity index (χ3n) is 6.73. The van der Waals surface area contributed by atoms with Crippen LogP contribution in [0.15, 0.2) is 66.7 Å². The minimum absolute atomic E-state index is 0.0122. The molecule has 1 aliphatic heterocycles. The van der Waals surface area contributed by atoms with Crippen LogP contribution >= 0.6 is 0 Å². The van der Waals surface area contributed by atoms with Crippen LogP contribution in [0.25, 0.3) is 0 Å². The first-order valence-electron chi connectivity index (χ1n) is 10.6. The Morgan fingerprint density at radius 2 is 1.71 bits per heavy atom. The topological polar surface area (TPSA) is 75.7 Å². The summed E-state index contributed by atoms with van der Waals surface area (Å²) in [4.78, 5) is 41.1. The first kappa shape index (κ1) is 19.5. The van der Waals surface area contributed by atoms with Gasteiger partial charge in [0.25, 0.3) is 0 Å². The van der Waals surface area contributed by atoms with E-state index in [-0.39, 0.29) is 47.8 Å². The number of amides is 3. The van der Waals surface area contributed by atoms with E-state index < -0.39 is 6.04 Å². The molecule has 2 aromatic carbocycles. The second-order valence-corrected chi connectivity index (χ2v) is 8.46. The number of hydrogen-bond acceptors (Lipinski definition) is 4. The summed E-state index contributed by atoms with van der Waals surface area (Å²) in [5.74, 6) is -0.300. The zero-order valence-electron chi connectivity index (χ0n) is 17.2. The number of para-hydroxylation sites is 1. The van der Waals surface area contributed by atoms with Gasteiger partial charge in [0, 0.05) is 5.69 Å². The highest BCUT2D eigenvalue weighted by atomic mass is 16.5. The largest absolute Gasteiger partial charge is 0.497 e. The summed E-state index contributed by atoms with van der Waals surface area (Å²) in [7, 11) is 1.57. The van der Waals surface area contributed by atoms with Crippen LogP contribution < -0.4 is 10.1 Å². The lowest BCUT2D eigenvalue weighted by Gasteiger charge is -2.28. The molecule has 5 unspecified atom stereocenters. The summed E-state index contributed by atoms with van der Waals surface area (Å²) in [5.41, 5.74) is 1.39. The lowest BCUT2D eigenvalue weighted by molar-refractivity contribution is -0.144. The molecule has 2 aliphatic carbocycles. The number of fused-ring (bicyclic) bond motifs is 5. The molecule has 1 saturated heterocycles. The average molecular weight is 416 g/mol. The standard InChI is InChI=1S/C25H24N2O4/c1-31-19-9-5-6-15(13-19)20(14-21(28)26-18-7-3-2-4-8-18)27-24(29)22-16-10-11-17(12-16)23(22)25(27)30/h2-11,13,16-17,20,22-23H,12,14H2,1H3,(H,26,28). The summed E-state index contributed by atoms with van der Waals surface area (Å²) in [6, 6.07) is 15.7. The van der Waals surface area contributed by atoms with Gasteiger partial charge in [0.15, 0.2) is 0 Å². The Morgan fingerprint density at radius 1 is 1.03 bits per heavy atom. The van der Waals surface area contributed by atoms with Gasteiger partial charge in [0.2, 0.25) is 17.7 Å². The number of imide groups is 1. The normalized spacial score (nSPS) is 26.8. The summed E-state index contributed by atoms with van der Waals surface area (Å²) in [5, 5.41) is 2.87. The molecule has 5 atom stereocenters. The molecule has 3 aliphatic rings. The van der Waals surface area contributed by atoms with Gasteiger partial charge in [-0.2, -0.15) is 0 Å². The van der Waals surface area contributed by atoms with Crippen molar-refractivity contribution >= 4 is 23.4 Å². The van der Waals surface area contributed by atoms with Gasteiger partial charge in [-0.15, -0.1) is 0 Å². The number of ether oxygens (including phenoxy) is 1. The Labute approximate surface area is 180 Å². The van der Waals surface area contributed by atoms with Crippen molar-refractivity contribution in [1.29, 1.82) is 0 Å². The van der Waals surface area contributed by atoms with Gasteiger partial charge in [-0.3, -0.25) is 19.3 Å². The number of hydrogen-bond donors (Lipinski definition) is 1. The molecule has 6 heteroatoms. The van der Waals surface area contributed by atoms with Gasteiger partial charge in [-0.05, 0) is 48.1 Å². The molecule has 6 nitrogen and oxygen atoms in total. The first-order valence-corrected chi connectivity index (χ1v) is 10.6. The number of anilines is 1. The number of nitrogens with one attached hydrogen (secondary N) is 1. The third-order valence-corrected chi connectivity index (χ3v) is 6.73. The fourth-order valence-electron chi connectivity index (χ4n) is 5.35. The molecule has 0 aromatic heterocycles. The predicted octanol–water partition coefficient (Wildman–Crippen LogP) is 3.57. The van der Waals surface area contributed by atoms with E-state index in [0.29, 0.717) is 17.0 Å². The molecule has 3 amide bonds.